The minimum absolute atomic E-state index is 0.910. The summed E-state index contributed by atoms with van der Waals surface area (Å²) >= 11 is 0. The van der Waals surface area contributed by atoms with Gasteiger partial charge >= 0.3 is 0 Å². The van der Waals surface area contributed by atoms with Crippen LogP contribution >= 0.6 is 0 Å². The summed E-state index contributed by atoms with van der Waals surface area (Å²) in [7, 11) is 0. The molecule has 8 rings (SSSR count). The van der Waals surface area contributed by atoms with E-state index < -0.39 is 0 Å². The van der Waals surface area contributed by atoms with Crippen LogP contribution in [0.2, 0.25) is 0 Å². The fraction of sp³-hybridized carbons (Fsp3) is 0.0233. The highest BCUT2D eigenvalue weighted by molar-refractivity contribution is 6.09. The second-order valence-corrected chi connectivity index (χ2v) is 11.4. The Balaban J connectivity index is 1.06. The maximum atomic E-state index is 2.37. The Morgan fingerprint density at radius 1 is 0.318 bits per heavy atom. The molecule has 1 heterocycles. The molecule has 7 aromatic carbocycles. The summed E-state index contributed by atoms with van der Waals surface area (Å²) in [4.78, 5) is 0. The Kier molecular flexibility index (Phi) is 6.62. The fourth-order valence-electron chi connectivity index (χ4n) is 6.42. The number of fused-ring (bicyclic) bond motifs is 3. The van der Waals surface area contributed by atoms with Gasteiger partial charge in [0.05, 0.1) is 11.0 Å². The van der Waals surface area contributed by atoms with Gasteiger partial charge in [-0.1, -0.05) is 146 Å². The number of benzene rings is 7. The predicted molar refractivity (Wildman–Crippen MR) is 186 cm³/mol. The number of aromatic nitrogens is 1. The highest BCUT2D eigenvalue weighted by Crippen LogP contribution is 2.33. The Labute approximate surface area is 258 Å². The molecule has 44 heavy (non-hydrogen) atoms. The van der Waals surface area contributed by atoms with Crippen molar-refractivity contribution in [1.29, 1.82) is 0 Å². The van der Waals surface area contributed by atoms with Crippen LogP contribution in [0.5, 0.6) is 0 Å². The van der Waals surface area contributed by atoms with Gasteiger partial charge in [0.1, 0.15) is 0 Å². The van der Waals surface area contributed by atoms with E-state index in [0.717, 1.165) is 6.42 Å². The molecular weight excluding hydrogens is 530 g/mol. The van der Waals surface area contributed by atoms with Crippen LogP contribution in [0.25, 0.3) is 60.9 Å². The Bertz CT molecular complexity index is 2170. The Hall–Kier alpha value is -5.66. The van der Waals surface area contributed by atoms with Crippen molar-refractivity contribution in [3.05, 3.63) is 187 Å². The highest BCUT2D eigenvalue weighted by atomic mass is 15.0. The number of nitrogens with zero attached hydrogens (tertiary/aromatic N) is 1. The molecule has 1 aromatic heterocycles. The van der Waals surface area contributed by atoms with E-state index in [9.17, 15) is 0 Å². The standard InChI is InChI=1S/C43H31N/c1-2-11-33(12-3-1)34-22-20-31(21-23-34)28-32-10-8-13-36(29-32)38-15-9-14-37(30-38)35-24-26-39(27-25-35)44-42-18-6-4-16-40(42)41-17-5-7-19-43(41)44/h1-27,29-30H,28H2. The largest absolute Gasteiger partial charge is 0.309 e. The van der Waals surface area contributed by atoms with E-state index in [0.29, 0.717) is 0 Å². The molecule has 8 aromatic rings. The van der Waals surface area contributed by atoms with Gasteiger partial charge in [-0.25, -0.2) is 0 Å². The molecule has 0 atom stereocenters. The van der Waals surface area contributed by atoms with Gasteiger partial charge in [-0.3, -0.25) is 0 Å². The van der Waals surface area contributed by atoms with Crippen LogP contribution in [-0.4, -0.2) is 4.57 Å². The highest BCUT2D eigenvalue weighted by Gasteiger charge is 2.12. The van der Waals surface area contributed by atoms with Gasteiger partial charge in [0, 0.05) is 16.5 Å². The minimum atomic E-state index is 0.910. The smallest absolute Gasteiger partial charge is 0.0541 e. The van der Waals surface area contributed by atoms with Crippen LogP contribution in [0.4, 0.5) is 0 Å². The van der Waals surface area contributed by atoms with Crippen LogP contribution in [-0.2, 0) is 6.42 Å². The first-order valence-electron chi connectivity index (χ1n) is 15.2. The molecule has 0 fully saturated rings. The number of hydrogen-bond acceptors (Lipinski definition) is 0. The first-order chi connectivity index (χ1) is 21.8. The Morgan fingerprint density at radius 3 is 1.48 bits per heavy atom. The van der Waals surface area contributed by atoms with Gasteiger partial charge in [0.2, 0.25) is 0 Å². The van der Waals surface area contributed by atoms with Gasteiger partial charge in [-0.2, -0.15) is 0 Å². The lowest BCUT2D eigenvalue weighted by molar-refractivity contribution is 1.18. The summed E-state index contributed by atoms with van der Waals surface area (Å²) in [6, 6.07) is 63.6. The van der Waals surface area contributed by atoms with Crippen LogP contribution in [0, 0.1) is 0 Å². The van der Waals surface area contributed by atoms with Crippen molar-refractivity contribution in [3.8, 4) is 39.1 Å². The second-order valence-electron chi connectivity index (χ2n) is 11.4. The lowest BCUT2D eigenvalue weighted by Crippen LogP contribution is -1.93. The number of rotatable bonds is 6. The van der Waals surface area contributed by atoms with E-state index in [1.165, 1.54) is 72.0 Å². The van der Waals surface area contributed by atoms with Crippen LogP contribution < -0.4 is 0 Å². The van der Waals surface area contributed by atoms with Crippen LogP contribution in [0.15, 0.2) is 176 Å². The van der Waals surface area contributed by atoms with Crippen molar-refractivity contribution >= 4 is 21.8 Å². The topological polar surface area (TPSA) is 4.93 Å². The summed E-state index contributed by atoms with van der Waals surface area (Å²) in [5.74, 6) is 0. The maximum Gasteiger partial charge on any atom is 0.0541 e. The first kappa shape index (κ1) is 26.0. The SMILES string of the molecule is c1ccc(-c2ccc(Cc3cccc(-c4cccc(-c5ccc(-n6c7ccccc7c7ccccc76)cc5)c4)c3)cc2)cc1. The normalized spacial score (nSPS) is 11.3. The molecule has 208 valence electrons. The van der Waals surface area contributed by atoms with E-state index >= 15 is 0 Å². The van der Waals surface area contributed by atoms with Crippen molar-refractivity contribution in [2.24, 2.45) is 0 Å². The van der Waals surface area contributed by atoms with E-state index in [1.54, 1.807) is 0 Å². The van der Waals surface area contributed by atoms with Crippen molar-refractivity contribution < 1.29 is 0 Å². The third-order valence-electron chi connectivity index (χ3n) is 8.63. The van der Waals surface area contributed by atoms with Gasteiger partial charge in [0.25, 0.3) is 0 Å². The van der Waals surface area contributed by atoms with E-state index in [2.05, 4.69) is 180 Å². The Morgan fingerprint density at radius 2 is 0.795 bits per heavy atom. The van der Waals surface area contributed by atoms with Crippen LogP contribution in [0.3, 0.4) is 0 Å². The molecule has 0 saturated carbocycles. The third-order valence-corrected chi connectivity index (χ3v) is 8.63. The molecule has 1 nitrogen and oxygen atoms in total. The second kappa shape index (κ2) is 11.2. The quantitative estimate of drug-likeness (QED) is 0.190. The molecule has 0 bridgehead atoms. The molecule has 0 saturated heterocycles. The van der Waals surface area contributed by atoms with Crippen molar-refractivity contribution in [3.63, 3.8) is 0 Å². The van der Waals surface area contributed by atoms with E-state index in [4.69, 9.17) is 0 Å². The molecule has 0 spiro atoms. The molecule has 0 aliphatic carbocycles. The summed E-state index contributed by atoms with van der Waals surface area (Å²) in [5.41, 5.74) is 13.7. The molecule has 0 aliphatic heterocycles. The average Bonchev–Trinajstić information content (AvgIpc) is 3.44. The zero-order valence-electron chi connectivity index (χ0n) is 24.4. The predicted octanol–water partition coefficient (Wildman–Crippen LogP) is 11.4. The zero-order valence-corrected chi connectivity index (χ0v) is 24.4. The zero-order chi connectivity index (χ0) is 29.3. The van der Waals surface area contributed by atoms with Gasteiger partial charge in [0.15, 0.2) is 0 Å². The molecule has 0 N–H and O–H groups in total. The molecule has 0 radical (unpaired) electrons. The maximum absolute atomic E-state index is 2.37. The molecule has 0 aliphatic rings. The average molecular weight is 562 g/mol. The fourth-order valence-corrected chi connectivity index (χ4v) is 6.42. The third kappa shape index (κ3) is 4.89. The summed E-state index contributed by atoms with van der Waals surface area (Å²) in [6.45, 7) is 0. The number of para-hydroxylation sites is 2. The molecular formula is C43H31N. The van der Waals surface area contributed by atoms with E-state index in [1.807, 2.05) is 0 Å². The summed E-state index contributed by atoms with van der Waals surface area (Å²) in [6.07, 6.45) is 0.910. The van der Waals surface area contributed by atoms with Crippen LogP contribution in [0.1, 0.15) is 11.1 Å². The van der Waals surface area contributed by atoms with Gasteiger partial charge in [-0.05, 0) is 81.3 Å². The minimum Gasteiger partial charge on any atom is -0.309 e. The molecule has 0 unspecified atom stereocenters. The number of hydrogen-bond donors (Lipinski definition) is 0. The molecule has 1 heteroatoms. The van der Waals surface area contributed by atoms with Gasteiger partial charge < -0.3 is 4.57 Å². The van der Waals surface area contributed by atoms with Crippen molar-refractivity contribution in [2.45, 2.75) is 6.42 Å². The lowest BCUT2D eigenvalue weighted by Gasteiger charge is -2.11. The van der Waals surface area contributed by atoms with E-state index in [-0.39, 0.29) is 0 Å². The molecule has 0 amide bonds. The summed E-state index contributed by atoms with van der Waals surface area (Å²) < 4.78 is 2.37. The summed E-state index contributed by atoms with van der Waals surface area (Å²) in [5, 5.41) is 2.57. The van der Waals surface area contributed by atoms with Gasteiger partial charge in [-0.15, -0.1) is 0 Å². The van der Waals surface area contributed by atoms with Crippen molar-refractivity contribution in [2.75, 3.05) is 0 Å². The lowest BCUT2D eigenvalue weighted by atomic mass is 9.96. The monoisotopic (exact) mass is 561 g/mol. The van der Waals surface area contributed by atoms with Crippen molar-refractivity contribution in [1.82, 2.24) is 4.57 Å². The first-order valence-corrected chi connectivity index (χ1v) is 15.2.